The highest BCUT2D eigenvalue weighted by atomic mass is 32.1. The quantitative estimate of drug-likeness (QED) is 0.288. The summed E-state index contributed by atoms with van der Waals surface area (Å²) in [4.78, 5) is 18.9. The van der Waals surface area contributed by atoms with Crippen LogP contribution in [0.1, 0.15) is 37.3 Å². The molecule has 1 aromatic carbocycles. The van der Waals surface area contributed by atoms with Crippen LogP contribution in [0.2, 0.25) is 0 Å². The zero-order valence-corrected chi connectivity index (χ0v) is 19.3. The third-order valence-electron chi connectivity index (χ3n) is 4.97. The van der Waals surface area contributed by atoms with Crippen molar-refractivity contribution < 1.29 is 9.90 Å². The number of terminal acetylenes is 1. The van der Waals surface area contributed by atoms with Crippen LogP contribution in [-0.2, 0) is 6.54 Å². The number of aliphatic hydroxyl groups is 1. The molecule has 0 aliphatic rings. The number of aryl methyl sites for hydroxylation is 3. The van der Waals surface area contributed by atoms with E-state index >= 15 is 0 Å². The molecule has 0 saturated carbocycles. The molecular formula is C23H25N3O2PS+. The molecule has 3 aromatic rings. The monoisotopic (exact) mass is 438 g/mol. The van der Waals surface area contributed by atoms with Gasteiger partial charge in [0, 0.05) is 11.8 Å². The van der Waals surface area contributed by atoms with E-state index in [1.807, 2.05) is 51.1 Å². The Morgan fingerprint density at radius 3 is 2.67 bits per heavy atom. The first-order chi connectivity index (χ1) is 14.4. The molecule has 0 radical (unpaired) electrons. The second-order valence-electron chi connectivity index (χ2n) is 7.09. The molecule has 7 heteroatoms. The minimum atomic E-state index is -0.742. The lowest BCUT2D eigenvalue weighted by Gasteiger charge is -2.14. The van der Waals surface area contributed by atoms with E-state index in [0.29, 0.717) is 12.0 Å². The topological polar surface area (TPSA) is 58.1 Å². The lowest BCUT2D eigenvalue weighted by Crippen LogP contribution is -2.43. The van der Waals surface area contributed by atoms with E-state index < -0.39 is 5.92 Å². The van der Waals surface area contributed by atoms with Crippen LogP contribution in [0, 0.1) is 33.1 Å². The SMILES string of the molecule is C#CC(C(=O)n1cccc(C)/c1=[N+](/CO)Cc1cnc(C)s1)c1cccc(C)c1P. The molecule has 1 N–H and O–H groups in total. The van der Waals surface area contributed by atoms with E-state index in [1.54, 1.807) is 32.9 Å². The zero-order chi connectivity index (χ0) is 21.8. The number of thiazole rings is 1. The summed E-state index contributed by atoms with van der Waals surface area (Å²) in [7, 11) is 2.69. The van der Waals surface area contributed by atoms with Crippen LogP contribution in [-0.4, -0.2) is 27.3 Å². The average molecular weight is 439 g/mol. The van der Waals surface area contributed by atoms with Crippen molar-refractivity contribution >= 4 is 31.8 Å². The normalized spacial score (nSPS) is 12.9. The Morgan fingerprint density at radius 1 is 1.30 bits per heavy atom. The van der Waals surface area contributed by atoms with E-state index in [9.17, 15) is 9.90 Å². The Balaban J connectivity index is 2.16. The number of pyridine rings is 1. The van der Waals surface area contributed by atoms with Gasteiger partial charge in [0.25, 0.3) is 5.49 Å². The van der Waals surface area contributed by atoms with Gasteiger partial charge in [-0.2, -0.15) is 4.57 Å². The van der Waals surface area contributed by atoms with Gasteiger partial charge in [-0.1, -0.05) is 24.1 Å². The molecule has 30 heavy (non-hydrogen) atoms. The molecule has 2 aromatic heterocycles. The lowest BCUT2D eigenvalue weighted by atomic mass is 9.97. The molecule has 0 aliphatic carbocycles. The number of carbonyl (C=O) groups is 1. The van der Waals surface area contributed by atoms with Crippen molar-refractivity contribution in [3.63, 3.8) is 0 Å². The molecule has 0 bridgehead atoms. The first kappa shape index (κ1) is 22.1. The van der Waals surface area contributed by atoms with Gasteiger partial charge in [-0.3, -0.25) is 0 Å². The smallest absolute Gasteiger partial charge is 0.333 e. The van der Waals surface area contributed by atoms with Crippen molar-refractivity contribution in [1.29, 1.82) is 0 Å². The first-order valence-corrected chi connectivity index (χ1v) is 10.9. The number of hydrogen-bond donors (Lipinski definition) is 1. The summed E-state index contributed by atoms with van der Waals surface area (Å²) in [5.41, 5.74) is 3.33. The summed E-state index contributed by atoms with van der Waals surface area (Å²) in [5, 5.41) is 12.0. The van der Waals surface area contributed by atoms with Crippen LogP contribution in [0.15, 0.2) is 42.7 Å². The second kappa shape index (κ2) is 9.49. The van der Waals surface area contributed by atoms with Gasteiger partial charge in [-0.15, -0.1) is 27.0 Å². The molecule has 0 saturated heterocycles. The van der Waals surface area contributed by atoms with Crippen LogP contribution in [0.5, 0.6) is 0 Å². The van der Waals surface area contributed by atoms with Gasteiger partial charge in [0.05, 0.1) is 16.1 Å². The Morgan fingerprint density at radius 2 is 2.03 bits per heavy atom. The van der Waals surface area contributed by atoms with Gasteiger partial charge in [0.15, 0.2) is 6.73 Å². The van der Waals surface area contributed by atoms with Crippen molar-refractivity contribution in [2.45, 2.75) is 33.2 Å². The molecule has 0 amide bonds. The summed E-state index contributed by atoms with van der Waals surface area (Å²) >= 11 is 1.56. The Kier molecular flexibility index (Phi) is 6.99. The molecule has 2 atom stereocenters. The summed E-state index contributed by atoms with van der Waals surface area (Å²) in [6.45, 7) is 6.04. The summed E-state index contributed by atoms with van der Waals surface area (Å²) < 4.78 is 3.31. The summed E-state index contributed by atoms with van der Waals surface area (Å²) in [5.74, 6) is 1.70. The van der Waals surface area contributed by atoms with Crippen molar-refractivity contribution in [3.05, 3.63) is 74.8 Å². The largest absolute Gasteiger partial charge is 0.358 e. The van der Waals surface area contributed by atoms with E-state index in [-0.39, 0.29) is 12.6 Å². The van der Waals surface area contributed by atoms with Gasteiger partial charge >= 0.3 is 5.91 Å². The molecule has 0 aliphatic heterocycles. The number of aromatic nitrogens is 2. The maximum atomic E-state index is 13.6. The highest BCUT2D eigenvalue weighted by Gasteiger charge is 2.28. The second-order valence-corrected chi connectivity index (χ2v) is 8.98. The summed E-state index contributed by atoms with van der Waals surface area (Å²) in [6, 6.07) is 9.51. The van der Waals surface area contributed by atoms with Gasteiger partial charge < -0.3 is 5.11 Å². The third-order valence-corrected chi connectivity index (χ3v) is 6.65. The number of benzene rings is 1. The molecule has 0 fully saturated rings. The van der Waals surface area contributed by atoms with Gasteiger partial charge in [0.2, 0.25) is 0 Å². The number of aliphatic hydroxyl groups excluding tert-OH is 1. The van der Waals surface area contributed by atoms with E-state index in [4.69, 9.17) is 6.42 Å². The van der Waals surface area contributed by atoms with Crippen LogP contribution in [0.25, 0.3) is 0 Å². The number of hydrogen-bond acceptors (Lipinski definition) is 4. The number of carbonyl (C=O) groups excluding carboxylic acids is 1. The van der Waals surface area contributed by atoms with Crippen LogP contribution in [0.3, 0.4) is 0 Å². The minimum absolute atomic E-state index is 0.232. The molecule has 3 rings (SSSR count). The minimum Gasteiger partial charge on any atom is -0.358 e. The molecule has 5 nitrogen and oxygen atoms in total. The Labute approximate surface area is 183 Å². The van der Waals surface area contributed by atoms with Crippen molar-refractivity contribution in [2.75, 3.05) is 6.73 Å². The van der Waals surface area contributed by atoms with Crippen LogP contribution in [0.4, 0.5) is 0 Å². The van der Waals surface area contributed by atoms with Crippen molar-refractivity contribution in [1.82, 2.24) is 14.1 Å². The van der Waals surface area contributed by atoms with Crippen LogP contribution < -0.4 is 15.4 Å². The summed E-state index contributed by atoms with van der Waals surface area (Å²) in [6.07, 6.45) is 9.32. The van der Waals surface area contributed by atoms with E-state index in [0.717, 1.165) is 31.9 Å². The van der Waals surface area contributed by atoms with Crippen molar-refractivity contribution in [2.24, 2.45) is 0 Å². The fourth-order valence-electron chi connectivity index (χ4n) is 3.43. The van der Waals surface area contributed by atoms with Crippen LogP contribution >= 0.6 is 20.6 Å². The highest BCUT2D eigenvalue weighted by Crippen LogP contribution is 2.19. The molecule has 154 valence electrons. The van der Waals surface area contributed by atoms with E-state index in [1.165, 1.54) is 0 Å². The Bertz CT molecular complexity index is 1200. The van der Waals surface area contributed by atoms with Gasteiger partial charge in [-0.25, -0.2) is 14.4 Å². The molecular weight excluding hydrogens is 413 g/mol. The molecule has 2 unspecified atom stereocenters. The maximum absolute atomic E-state index is 13.6. The first-order valence-electron chi connectivity index (χ1n) is 9.51. The predicted octanol–water partition coefficient (Wildman–Crippen LogP) is 2.35. The van der Waals surface area contributed by atoms with Gasteiger partial charge in [0.1, 0.15) is 12.5 Å². The fourth-order valence-corrected chi connectivity index (χ4v) is 4.60. The zero-order valence-electron chi connectivity index (χ0n) is 17.3. The highest BCUT2D eigenvalue weighted by molar-refractivity contribution is 7.27. The predicted molar refractivity (Wildman–Crippen MR) is 125 cm³/mol. The average Bonchev–Trinajstić information content (AvgIpc) is 3.14. The lowest BCUT2D eigenvalue weighted by molar-refractivity contribution is 0.0888. The number of nitrogens with zero attached hydrogens (tertiary/aromatic N) is 3. The maximum Gasteiger partial charge on any atom is 0.333 e. The van der Waals surface area contributed by atoms with Crippen molar-refractivity contribution in [3.8, 4) is 12.3 Å². The third kappa shape index (κ3) is 4.44. The fraction of sp³-hybridized carbons (Fsp3) is 0.261. The molecule has 0 spiro atoms. The van der Waals surface area contributed by atoms with E-state index in [2.05, 4.69) is 20.1 Å². The Hall–Kier alpha value is -2.58. The number of rotatable bonds is 5. The standard InChI is InChI=1S/C23H25N3O2PS/c1-5-19(20-10-6-8-15(2)21(20)29)23(28)26-11-7-9-16(3)22(26)25(14-27)13-18-12-24-17(4)30-18/h1,6-12,19,27H,13-14,29H2,2-4H3/q+1. The van der Waals surface area contributed by atoms with Gasteiger partial charge in [-0.05, 0) is 49.3 Å². The molecule has 2 heterocycles.